The molecule has 2 N–H and O–H groups in total. The molecule has 0 bridgehead atoms. The van der Waals surface area contributed by atoms with Crippen LogP contribution in [0.2, 0.25) is 0 Å². The Balaban J connectivity index is 1.88. The van der Waals surface area contributed by atoms with Crippen LogP contribution in [0.15, 0.2) is 54.9 Å². The zero-order chi connectivity index (χ0) is 14.2. The average Bonchev–Trinajstić information content (AvgIpc) is 3.11. The quantitative estimate of drug-likeness (QED) is 0.754. The van der Waals surface area contributed by atoms with Crippen LogP contribution in [-0.4, -0.2) is 21.1 Å². The molecule has 0 spiro atoms. The highest BCUT2D eigenvalue weighted by molar-refractivity contribution is 6.00. The zero-order valence-electron chi connectivity index (χ0n) is 11.1. The lowest BCUT2D eigenvalue weighted by Gasteiger charge is -2.12. The summed E-state index contributed by atoms with van der Waals surface area (Å²) in [6.07, 6.45) is 3.48. The molecule has 3 aromatic rings. The van der Waals surface area contributed by atoms with Gasteiger partial charge in [0.05, 0.1) is 11.7 Å². The van der Waals surface area contributed by atoms with Gasteiger partial charge in [0, 0.05) is 23.5 Å². The molecule has 0 aliphatic carbocycles. The maximum absolute atomic E-state index is 12.1. The van der Waals surface area contributed by atoms with Gasteiger partial charge in [-0.1, -0.05) is 36.4 Å². The SMILES string of the molecule is O=C1N[C@@H](c2cccnc2)c2c(-c3ccccc3)n[nH]c21. The molecule has 1 aliphatic rings. The Kier molecular flexibility index (Phi) is 2.57. The van der Waals surface area contributed by atoms with Gasteiger partial charge >= 0.3 is 0 Å². The Morgan fingerprint density at radius 2 is 1.90 bits per heavy atom. The lowest BCUT2D eigenvalue weighted by atomic mass is 9.98. The molecular formula is C16H12N4O. The number of pyridine rings is 1. The fourth-order valence-electron chi connectivity index (χ4n) is 2.69. The zero-order valence-corrected chi connectivity index (χ0v) is 11.1. The Bertz CT molecular complexity index is 796. The summed E-state index contributed by atoms with van der Waals surface area (Å²) >= 11 is 0. The van der Waals surface area contributed by atoms with Gasteiger partial charge in [-0.2, -0.15) is 5.10 Å². The maximum Gasteiger partial charge on any atom is 0.270 e. The predicted molar refractivity (Wildman–Crippen MR) is 77.6 cm³/mol. The van der Waals surface area contributed by atoms with Crippen molar-refractivity contribution in [3.8, 4) is 11.3 Å². The molecule has 1 aromatic carbocycles. The lowest BCUT2D eigenvalue weighted by molar-refractivity contribution is 0.0955. The van der Waals surface area contributed by atoms with Gasteiger partial charge in [-0.15, -0.1) is 0 Å². The molecule has 5 heteroatoms. The van der Waals surface area contributed by atoms with E-state index in [9.17, 15) is 4.79 Å². The van der Waals surface area contributed by atoms with E-state index in [-0.39, 0.29) is 11.9 Å². The number of aromatic amines is 1. The number of carbonyl (C=O) groups excluding carboxylic acids is 1. The van der Waals surface area contributed by atoms with Crippen LogP contribution in [-0.2, 0) is 0 Å². The number of aromatic nitrogens is 3. The second kappa shape index (κ2) is 4.56. The monoisotopic (exact) mass is 276 g/mol. The first-order chi connectivity index (χ1) is 10.3. The standard InChI is InChI=1S/C16H12N4O/c21-16-15-12(13(18-16)11-7-4-8-17-9-11)14(19-20-15)10-5-2-1-3-6-10/h1-9,13H,(H,18,21)(H,19,20)/t13-/m0/s1. The van der Waals surface area contributed by atoms with Crippen molar-refractivity contribution in [2.45, 2.75) is 6.04 Å². The van der Waals surface area contributed by atoms with Gasteiger partial charge in [-0.25, -0.2) is 0 Å². The van der Waals surface area contributed by atoms with Crippen LogP contribution in [0, 0.1) is 0 Å². The van der Waals surface area contributed by atoms with E-state index in [0.717, 1.165) is 22.4 Å². The van der Waals surface area contributed by atoms with Crippen molar-refractivity contribution in [1.82, 2.24) is 20.5 Å². The smallest absolute Gasteiger partial charge is 0.270 e. The second-order valence-corrected chi connectivity index (χ2v) is 4.92. The molecule has 1 atom stereocenters. The highest BCUT2D eigenvalue weighted by Gasteiger charge is 2.35. The summed E-state index contributed by atoms with van der Waals surface area (Å²) in [5.41, 5.74) is 4.16. The summed E-state index contributed by atoms with van der Waals surface area (Å²) in [5.74, 6) is -0.131. The normalized spacial score (nSPS) is 16.6. The Morgan fingerprint density at radius 3 is 2.67 bits per heavy atom. The van der Waals surface area contributed by atoms with Gasteiger partial charge in [0.2, 0.25) is 0 Å². The number of fused-ring (bicyclic) bond motifs is 1. The van der Waals surface area contributed by atoms with E-state index in [2.05, 4.69) is 20.5 Å². The minimum absolute atomic E-state index is 0.131. The fraction of sp³-hybridized carbons (Fsp3) is 0.0625. The second-order valence-electron chi connectivity index (χ2n) is 4.92. The third kappa shape index (κ3) is 1.82. The van der Waals surface area contributed by atoms with Gasteiger partial charge in [-0.05, 0) is 11.6 Å². The number of nitrogens with one attached hydrogen (secondary N) is 2. The first-order valence-electron chi connectivity index (χ1n) is 6.69. The van der Waals surface area contributed by atoms with Gasteiger partial charge in [-0.3, -0.25) is 14.9 Å². The van der Waals surface area contributed by atoms with E-state index in [1.807, 2.05) is 42.5 Å². The van der Waals surface area contributed by atoms with E-state index < -0.39 is 0 Å². The van der Waals surface area contributed by atoms with Crippen molar-refractivity contribution in [2.75, 3.05) is 0 Å². The van der Waals surface area contributed by atoms with Crippen molar-refractivity contribution in [1.29, 1.82) is 0 Å². The van der Waals surface area contributed by atoms with Gasteiger partial charge < -0.3 is 5.32 Å². The third-order valence-corrected chi connectivity index (χ3v) is 3.66. The Morgan fingerprint density at radius 1 is 1.05 bits per heavy atom. The number of hydrogen-bond acceptors (Lipinski definition) is 3. The summed E-state index contributed by atoms with van der Waals surface area (Å²) in [7, 11) is 0. The number of H-pyrrole nitrogens is 1. The average molecular weight is 276 g/mol. The van der Waals surface area contributed by atoms with E-state index in [0.29, 0.717) is 5.69 Å². The predicted octanol–water partition coefficient (Wildman–Crippen LogP) is 2.30. The number of nitrogens with zero attached hydrogens (tertiary/aromatic N) is 2. The van der Waals surface area contributed by atoms with Crippen LogP contribution in [0.5, 0.6) is 0 Å². The van der Waals surface area contributed by atoms with Crippen molar-refractivity contribution < 1.29 is 4.79 Å². The van der Waals surface area contributed by atoms with Crippen LogP contribution < -0.4 is 5.32 Å². The largest absolute Gasteiger partial charge is 0.340 e. The number of amides is 1. The molecule has 0 fully saturated rings. The number of hydrogen-bond donors (Lipinski definition) is 2. The third-order valence-electron chi connectivity index (χ3n) is 3.66. The Labute approximate surface area is 121 Å². The summed E-state index contributed by atoms with van der Waals surface area (Å²) in [5, 5.41) is 10.2. The molecule has 0 saturated carbocycles. The molecule has 3 heterocycles. The molecule has 1 amide bonds. The molecule has 102 valence electrons. The highest BCUT2D eigenvalue weighted by atomic mass is 16.2. The lowest BCUT2D eigenvalue weighted by Crippen LogP contribution is -2.21. The van der Waals surface area contributed by atoms with Gasteiger partial charge in [0.1, 0.15) is 5.69 Å². The van der Waals surface area contributed by atoms with Crippen LogP contribution in [0.3, 0.4) is 0 Å². The molecule has 21 heavy (non-hydrogen) atoms. The highest BCUT2D eigenvalue weighted by Crippen LogP contribution is 2.36. The van der Waals surface area contributed by atoms with E-state index in [1.54, 1.807) is 12.4 Å². The Hall–Kier alpha value is -2.95. The summed E-state index contributed by atoms with van der Waals surface area (Å²) in [6, 6.07) is 13.4. The number of carbonyl (C=O) groups is 1. The molecule has 2 aromatic heterocycles. The van der Waals surface area contributed by atoms with Crippen molar-refractivity contribution in [2.24, 2.45) is 0 Å². The summed E-state index contributed by atoms with van der Waals surface area (Å²) < 4.78 is 0. The first kappa shape index (κ1) is 11.8. The van der Waals surface area contributed by atoms with E-state index in [1.165, 1.54) is 0 Å². The van der Waals surface area contributed by atoms with Crippen molar-refractivity contribution in [3.63, 3.8) is 0 Å². The van der Waals surface area contributed by atoms with E-state index in [4.69, 9.17) is 0 Å². The molecule has 4 rings (SSSR count). The fourth-order valence-corrected chi connectivity index (χ4v) is 2.69. The van der Waals surface area contributed by atoms with E-state index >= 15 is 0 Å². The van der Waals surface area contributed by atoms with Crippen molar-refractivity contribution in [3.05, 3.63) is 71.7 Å². The van der Waals surface area contributed by atoms with Gasteiger partial charge in [0.25, 0.3) is 5.91 Å². The minimum Gasteiger partial charge on any atom is -0.340 e. The summed E-state index contributed by atoms with van der Waals surface area (Å²) in [4.78, 5) is 16.2. The molecule has 5 nitrogen and oxygen atoms in total. The maximum atomic E-state index is 12.1. The van der Waals surface area contributed by atoms with Crippen LogP contribution in [0.4, 0.5) is 0 Å². The minimum atomic E-state index is -0.213. The van der Waals surface area contributed by atoms with Gasteiger partial charge in [0.15, 0.2) is 0 Å². The summed E-state index contributed by atoms with van der Waals surface area (Å²) in [6.45, 7) is 0. The topological polar surface area (TPSA) is 70.7 Å². The molecule has 0 saturated heterocycles. The molecule has 1 aliphatic heterocycles. The number of benzene rings is 1. The molecule has 0 radical (unpaired) electrons. The molecule has 0 unspecified atom stereocenters. The van der Waals surface area contributed by atoms with Crippen molar-refractivity contribution >= 4 is 5.91 Å². The molecular weight excluding hydrogens is 264 g/mol. The van der Waals surface area contributed by atoms with Crippen LogP contribution >= 0.6 is 0 Å². The first-order valence-corrected chi connectivity index (χ1v) is 6.69. The van der Waals surface area contributed by atoms with Crippen LogP contribution in [0.25, 0.3) is 11.3 Å². The number of rotatable bonds is 2. The van der Waals surface area contributed by atoms with Crippen LogP contribution in [0.1, 0.15) is 27.7 Å².